The van der Waals surface area contributed by atoms with Crippen LogP contribution < -0.4 is 0 Å². The van der Waals surface area contributed by atoms with E-state index in [1.54, 1.807) is 0 Å². The maximum absolute atomic E-state index is 8.99. The van der Waals surface area contributed by atoms with E-state index in [-0.39, 0.29) is 6.10 Å². The van der Waals surface area contributed by atoms with Crippen molar-refractivity contribution in [3.05, 3.63) is 23.8 Å². The van der Waals surface area contributed by atoms with Crippen LogP contribution in [0.4, 0.5) is 0 Å². The summed E-state index contributed by atoms with van der Waals surface area (Å²) in [7, 11) is 0. The average molecular weight is 124 g/mol. The van der Waals surface area contributed by atoms with E-state index in [1.807, 2.05) is 12.2 Å². The van der Waals surface area contributed by atoms with Crippen molar-refractivity contribution in [1.29, 1.82) is 0 Å². The molecule has 1 aliphatic rings. The van der Waals surface area contributed by atoms with Crippen LogP contribution in [0.25, 0.3) is 0 Å². The predicted molar refractivity (Wildman–Crippen MR) is 38.1 cm³/mol. The monoisotopic (exact) mass is 124 g/mol. The van der Waals surface area contributed by atoms with Gasteiger partial charge in [0, 0.05) is 0 Å². The molecular formula is C8H12O. The van der Waals surface area contributed by atoms with Crippen molar-refractivity contribution in [1.82, 2.24) is 0 Å². The van der Waals surface area contributed by atoms with Gasteiger partial charge in [0.15, 0.2) is 0 Å². The lowest BCUT2D eigenvalue weighted by molar-refractivity contribution is 0.225. The first kappa shape index (κ1) is 6.56. The third-order valence-corrected chi connectivity index (χ3v) is 1.56. The molecule has 0 fully saturated rings. The molecule has 0 heterocycles. The van der Waals surface area contributed by atoms with Crippen LogP contribution in [0, 0.1) is 0 Å². The number of allylic oxidation sites excluding steroid dienone is 2. The molecule has 0 saturated carbocycles. The minimum Gasteiger partial charge on any atom is -0.389 e. The Kier molecular flexibility index (Phi) is 2.06. The summed E-state index contributed by atoms with van der Waals surface area (Å²) in [4.78, 5) is 0. The third kappa shape index (κ3) is 1.68. The van der Waals surface area contributed by atoms with Gasteiger partial charge in [-0.3, -0.25) is 0 Å². The molecule has 0 aromatic heterocycles. The molecule has 1 nitrogen and oxygen atoms in total. The largest absolute Gasteiger partial charge is 0.389 e. The van der Waals surface area contributed by atoms with E-state index in [4.69, 9.17) is 5.11 Å². The number of aliphatic hydroxyl groups excluding tert-OH is 1. The molecular weight excluding hydrogens is 112 g/mol. The summed E-state index contributed by atoms with van der Waals surface area (Å²) in [5.74, 6) is 0. The van der Waals surface area contributed by atoms with Crippen molar-refractivity contribution in [2.75, 3.05) is 0 Å². The van der Waals surface area contributed by atoms with Crippen molar-refractivity contribution in [2.45, 2.75) is 25.9 Å². The highest BCUT2D eigenvalue weighted by atomic mass is 16.3. The molecule has 0 aromatic carbocycles. The van der Waals surface area contributed by atoms with E-state index in [9.17, 15) is 0 Å². The zero-order chi connectivity index (χ0) is 6.69. The molecule has 0 bridgehead atoms. The Labute approximate surface area is 55.7 Å². The predicted octanol–water partition coefficient (Wildman–Crippen LogP) is 1.64. The highest BCUT2D eigenvalue weighted by molar-refractivity contribution is 5.23. The van der Waals surface area contributed by atoms with Gasteiger partial charge in [0.1, 0.15) is 0 Å². The number of rotatable bonds is 1. The zero-order valence-corrected chi connectivity index (χ0v) is 5.67. The van der Waals surface area contributed by atoms with Crippen molar-refractivity contribution >= 4 is 0 Å². The Balaban J connectivity index is 2.52. The van der Waals surface area contributed by atoms with E-state index in [0.29, 0.717) is 0 Å². The minimum atomic E-state index is -0.236. The van der Waals surface area contributed by atoms with Crippen LogP contribution in [0.1, 0.15) is 19.8 Å². The van der Waals surface area contributed by atoms with Gasteiger partial charge in [0.25, 0.3) is 0 Å². The van der Waals surface area contributed by atoms with Gasteiger partial charge in [-0.2, -0.15) is 0 Å². The average Bonchev–Trinajstić information content (AvgIpc) is 1.90. The molecule has 0 amide bonds. The van der Waals surface area contributed by atoms with Crippen LogP contribution in [0.5, 0.6) is 0 Å². The minimum absolute atomic E-state index is 0.236. The van der Waals surface area contributed by atoms with Crippen LogP contribution in [0.2, 0.25) is 0 Å². The van der Waals surface area contributed by atoms with Gasteiger partial charge in [-0.1, -0.05) is 30.7 Å². The molecule has 0 spiro atoms. The normalized spacial score (nSPS) is 26.0. The first-order valence-electron chi connectivity index (χ1n) is 3.38. The molecule has 0 unspecified atom stereocenters. The fraction of sp³-hybridized carbons (Fsp3) is 0.500. The summed E-state index contributed by atoms with van der Waals surface area (Å²) in [6.07, 6.45) is 7.56. The molecule has 1 rings (SSSR count). The lowest BCUT2D eigenvalue weighted by Crippen LogP contribution is -2.03. The topological polar surface area (TPSA) is 20.2 Å². The van der Waals surface area contributed by atoms with Crippen LogP contribution in [-0.2, 0) is 0 Å². The van der Waals surface area contributed by atoms with Gasteiger partial charge in [0.05, 0.1) is 6.10 Å². The fourth-order valence-corrected chi connectivity index (χ4v) is 0.916. The van der Waals surface area contributed by atoms with Gasteiger partial charge in [-0.15, -0.1) is 0 Å². The number of hydrogen-bond donors (Lipinski definition) is 1. The van der Waals surface area contributed by atoms with E-state index in [1.165, 1.54) is 5.57 Å². The van der Waals surface area contributed by atoms with E-state index in [2.05, 4.69) is 13.0 Å². The lowest BCUT2D eigenvalue weighted by atomic mass is 10.0. The van der Waals surface area contributed by atoms with Gasteiger partial charge in [0.2, 0.25) is 0 Å². The molecule has 50 valence electrons. The van der Waals surface area contributed by atoms with Gasteiger partial charge < -0.3 is 5.11 Å². The summed E-state index contributed by atoms with van der Waals surface area (Å²) in [5.41, 5.74) is 1.33. The summed E-state index contributed by atoms with van der Waals surface area (Å²) in [5, 5.41) is 8.99. The molecule has 0 aliphatic heterocycles. The molecule has 9 heavy (non-hydrogen) atoms. The van der Waals surface area contributed by atoms with E-state index in [0.717, 1.165) is 12.8 Å². The Hall–Kier alpha value is -0.560. The number of hydrogen-bond acceptors (Lipinski definition) is 1. The summed E-state index contributed by atoms with van der Waals surface area (Å²) >= 11 is 0. The maximum Gasteiger partial charge on any atom is 0.0758 e. The number of aliphatic hydroxyl groups is 1. The highest BCUT2D eigenvalue weighted by Gasteiger charge is 2.01. The van der Waals surface area contributed by atoms with Crippen molar-refractivity contribution < 1.29 is 5.11 Å². The maximum atomic E-state index is 8.99. The molecule has 1 aliphatic carbocycles. The summed E-state index contributed by atoms with van der Waals surface area (Å²) in [6.45, 7) is 2.12. The molecule has 1 N–H and O–H groups in total. The first-order chi connectivity index (χ1) is 4.33. The Morgan fingerprint density at radius 2 is 2.56 bits per heavy atom. The van der Waals surface area contributed by atoms with Gasteiger partial charge in [-0.05, 0) is 12.8 Å². The van der Waals surface area contributed by atoms with Crippen LogP contribution in [0.15, 0.2) is 23.8 Å². The zero-order valence-electron chi connectivity index (χ0n) is 5.67. The SMILES string of the molecule is CCC1=CC[C@@H](O)C=C1. The Morgan fingerprint density at radius 3 is 3.00 bits per heavy atom. The molecule has 1 atom stereocenters. The van der Waals surface area contributed by atoms with Crippen LogP contribution in [0.3, 0.4) is 0 Å². The smallest absolute Gasteiger partial charge is 0.0758 e. The standard InChI is InChI=1S/C8H12O/c1-2-7-3-5-8(9)6-4-7/h3-5,8-9H,2,6H2,1H3/t8-/m0/s1. The lowest BCUT2D eigenvalue weighted by Gasteiger charge is -2.08. The first-order valence-corrected chi connectivity index (χ1v) is 3.38. The quantitative estimate of drug-likeness (QED) is 0.563. The Morgan fingerprint density at radius 1 is 1.78 bits per heavy atom. The van der Waals surface area contributed by atoms with E-state index >= 15 is 0 Å². The molecule has 0 radical (unpaired) electrons. The second kappa shape index (κ2) is 2.83. The van der Waals surface area contributed by atoms with Gasteiger partial charge in [-0.25, -0.2) is 0 Å². The van der Waals surface area contributed by atoms with Crippen molar-refractivity contribution in [3.63, 3.8) is 0 Å². The van der Waals surface area contributed by atoms with Crippen LogP contribution >= 0.6 is 0 Å². The summed E-state index contributed by atoms with van der Waals surface area (Å²) < 4.78 is 0. The Bertz CT molecular complexity index is 145. The molecule has 1 heteroatoms. The fourth-order valence-electron chi connectivity index (χ4n) is 0.916. The van der Waals surface area contributed by atoms with Crippen LogP contribution in [-0.4, -0.2) is 11.2 Å². The second-order valence-electron chi connectivity index (χ2n) is 2.29. The molecule has 0 saturated heterocycles. The molecule has 0 aromatic rings. The van der Waals surface area contributed by atoms with Gasteiger partial charge >= 0.3 is 0 Å². The van der Waals surface area contributed by atoms with Crippen molar-refractivity contribution in [3.8, 4) is 0 Å². The summed E-state index contributed by atoms with van der Waals surface area (Å²) in [6, 6.07) is 0. The second-order valence-corrected chi connectivity index (χ2v) is 2.29. The van der Waals surface area contributed by atoms with Crippen molar-refractivity contribution in [2.24, 2.45) is 0 Å². The van der Waals surface area contributed by atoms with E-state index < -0.39 is 0 Å². The highest BCUT2D eigenvalue weighted by Crippen LogP contribution is 2.12. The third-order valence-electron chi connectivity index (χ3n) is 1.56.